The van der Waals surface area contributed by atoms with Gasteiger partial charge in [-0.1, -0.05) is 6.92 Å². The maximum Gasteiger partial charge on any atom is 0.0107 e. The number of nitrogens with zero attached hydrogens (tertiary/aromatic N) is 2. The summed E-state index contributed by atoms with van der Waals surface area (Å²) in [6.07, 6.45) is 4.07. The Bertz CT molecular complexity index is 171. The van der Waals surface area contributed by atoms with Gasteiger partial charge in [-0.2, -0.15) is 0 Å². The van der Waals surface area contributed by atoms with Crippen LogP contribution in [0.3, 0.4) is 0 Å². The third-order valence-electron chi connectivity index (χ3n) is 3.30. The molecule has 0 radical (unpaired) electrons. The minimum atomic E-state index is 0.905. The highest BCUT2D eigenvalue weighted by Gasteiger charge is 2.14. The van der Waals surface area contributed by atoms with Crippen LogP contribution in [0.2, 0.25) is 0 Å². The van der Waals surface area contributed by atoms with Gasteiger partial charge in [-0.05, 0) is 58.9 Å². The molecule has 0 spiro atoms. The van der Waals surface area contributed by atoms with Crippen molar-refractivity contribution in [2.24, 2.45) is 5.92 Å². The maximum atomic E-state index is 3.53. The van der Waals surface area contributed by atoms with Crippen molar-refractivity contribution in [2.75, 3.05) is 53.4 Å². The molecule has 1 saturated heterocycles. The highest BCUT2D eigenvalue weighted by atomic mass is 15.1. The van der Waals surface area contributed by atoms with Gasteiger partial charge in [0.1, 0.15) is 0 Å². The highest BCUT2D eigenvalue weighted by Crippen LogP contribution is 2.14. The minimum absolute atomic E-state index is 0.905. The van der Waals surface area contributed by atoms with Gasteiger partial charge in [-0.3, -0.25) is 0 Å². The first kappa shape index (κ1) is 13.9. The molecule has 1 fully saturated rings. The fourth-order valence-electron chi connectivity index (χ4n) is 2.37. The van der Waals surface area contributed by atoms with E-state index in [0.717, 1.165) is 19.0 Å². The molecule has 0 aromatic carbocycles. The number of rotatable bonds is 7. The zero-order valence-corrected chi connectivity index (χ0v) is 11.3. The quantitative estimate of drug-likeness (QED) is 0.661. The van der Waals surface area contributed by atoms with Gasteiger partial charge in [0.05, 0.1) is 0 Å². The molecule has 1 aliphatic rings. The number of nitrogens with one attached hydrogen (secondary N) is 1. The standard InChI is InChI=1S/C13H29N3/c1-13-6-4-10-16(12-13)11-8-14-7-5-9-15(2)3/h13-14H,4-12H2,1-3H3. The Kier molecular flexibility index (Phi) is 7.01. The van der Waals surface area contributed by atoms with E-state index in [0.29, 0.717) is 0 Å². The van der Waals surface area contributed by atoms with Crippen LogP contribution in [0, 0.1) is 5.92 Å². The van der Waals surface area contributed by atoms with Gasteiger partial charge >= 0.3 is 0 Å². The van der Waals surface area contributed by atoms with Crippen molar-refractivity contribution >= 4 is 0 Å². The lowest BCUT2D eigenvalue weighted by Crippen LogP contribution is -2.39. The topological polar surface area (TPSA) is 18.5 Å². The van der Waals surface area contributed by atoms with E-state index in [-0.39, 0.29) is 0 Å². The molecule has 0 saturated carbocycles. The van der Waals surface area contributed by atoms with E-state index in [1.807, 2.05) is 0 Å². The van der Waals surface area contributed by atoms with Crippen LogP contribution in [0.15, 0.2) is 0 Å². The molecule has 3 heteroatoms. The summed E-state index contributed by atoms with van der Waals surface area (Å²) in [6.45, 7) is 9.71. The van der Waals surface area contributed by atoms with Crippen LogP contribution >= 0.6 is 0 Å². The molecule has 96 valence electrons. The van der Waals surface area contributed by atoms with E-state index in [4.69, 9.17) is 0 Å². The Balaban J connectivity index is 1.90. The third-order valence-corrected chi connectivity index (χ3v) is 3.30. The van der Waals surface area contributed by atoms with Gasteiger partial charge in [-0.15, -0.1) is 0 Å². The second-order valence-electron chi connectivity index (χ2n) is 5.45. The lowest BCUT2D eigenvalue weighted by atomic mass is 10.0. The molecule has 3 nitrogen and oxygen atoms in total. The second-order valence-corrected chi connectivity index (χ2v) is 5.45. The van der Waals surface area contributed by atoms with Crippen molar-refractivity contribution in [2.45, 2.75) is 26.2 Å². The molecule has 0 aliphatic carbocycles. The van der Waals surface area contributed by atoms with Gasteiger partial charge in [0.15, 0.2) is 0 Å². The molecule has 1 heterocycles. The summed E-state index contributed by atoms with van der Waals surface area (Å²) in [5.41, 5.74) is 0. The number of piperidine rings is 1. The average Bonchev–Trinajstić information content (AvgIpc) is 2.23. The van der Waals surface area contributed by atoms with Crippen LogP contribution < -0.4 is 5.32 Å². The SMILES string of the molecule is CC1CCCN(CCNCCCN(C)C)C1. The van der Waals surface area contributed by atoms with Gasteiger partial charge in [0.25, 0.3) is 0 Å². The molecular formula is C13H29N3. The van der Waals surface area contributed by atoms with Crippen molar-refractivity contribution in [3.63, 3.8) is 0 Å². The maximum absolute atomic E-state index is 3.53. The van der Waals surface area contributed by atoms with Gasteiger partial charge in [0.2, 0.25) is 0 Å². The summed E-state index contributed by atoms with van der Waals surface area (Å²) in [6, 6.07) is 0. The van der Waals surface area contributed by atoms with Gasteiger partial charge < -0.3 is 15.1 Å². The Hall–Kier alpha value is -0.120. The molecular weight excluding hydrogens is 198 g/mol. The Morgan fingerprint density at radius 1 is 1.31 bits per heavy atom. The second kappa shape index (κ2) is 8.04. The first-order valence-electron chi connectivity index (χ1n) is 6.76. The minimum Gasteiger partial charge on any atom is -0.315 e. The first-order valence-corrected chi connectivity index (χ1v) is 6.76. The van der Waals surface area contributed by atoms with Crippen molar-refractivity contribution in [1.29, 1.82) is 0 Å². The first-order chi connectivity index (χ1) is 7.68. The molecule has 0 bridgehead atoms. The summed E-state index contributed by atoms with van der Waals surface area (Å²) >= 11 is 0. The molecule has 1 unspecified atom stereocenters. The normalized spacial score (nSPS) is 22.9. The number of likely N-dealkylation sites (tertiary alicyclic amines) is 1. The van der Waals surface area contributed by atoms with E-state index in [2.05, 4.69) is 36.1 Å². The fraction of sp³-hybridized carbons (Fsp3) is 1.00. The van der Waals surface area contributed by atoms with Crippen molar-refractivity contribution in [3.05, 3.63) is 0 Å². The van der Waals surface area contributed by atoms with E-state index < -0.39 is 0 Å². The largest absolute Gasteiger partial charge is 0.315 e. The molecule has 1 aliphatic heterocycles. The van der Waals surface area contributed by atoms with Crippen LogP contribution in [0.4, 0.5) is 0 Å². The summed E-state index contributed by atoms with van der Waals surface area (Å²) in [7, 11) is 4.27. The lowest BCUT2D eigenvalue weighted by molar-refractivity contribution is 0.184. The predicted molar refractivity (Wildman–Crippen MR) is 70.9 cm³/mol. The fourth-order valence-corrected chi connectivity index (χ4v) is 2.37. The number of hydrogen-bond acceptors (Lipinski definition) is 3. The van der Waals surface area contributed by atoms with E-state index in [9.17, 15) is 0 Å². The highest BCUT2D eigenvalue weighted by molar-refractivity contribution is 4.70. The Labute approximate surface area is 101 Å². The monoisotopic (exact) mass is 227 g/mol. The van der Waals surface area contributed by atoms with E-state index in [1.54, 1.807) is 0 Å². The van der Waals surface area contributed by atoms with Gasteiger partial charge in [-0.25, -0.2) is 0 Å². The van der Waals surface area contributed by atoms with Crippen molar-refractivity contribution < 1.29 is 0 Å². The molecule has 1 rings (SSSR count). The molecule has 1 N–H and O–H groups in total. The van der Waals surface area contributed by atoms with E-state index >= 15 is 0 Å². The molecule has 1 atom stereocenters. The zero-order chi connectivity index (χ0) is 11.8. The van der Waals surface area contributed by atoms with Gasteiger partial charge in [0, 0.05) is 19.6 Å². The molecule has 0 amide bonds. The molecule has 16 heavy (non-hydrogen) atoms. The van der Waals surface area contributed by atoms with Crippen LogP contribution in [-0.4, -0.2) is 63.2 Å². The smallest absolute Gasteiger partial charge is 0.0107 e. The van der Waals surface area contributed by atoms with Crippen LogP contribution in [-0.2, 0) is 0 Å². The summed E-state index contributed by atoms with van der Waals surface area (Å²) in [5, 5.41) is 3.53. The molecule has 0 aromatic rings. The van der Waals surface area contributed by atoms with Crippen molar-refractivity contribution in [3.8, 4) is 0 Å². The Morgan fingerprint density at radius 3 is 2.81 bits per heavy atom. The summed E-state index contributed by atoms with van der Waals surface area (Å²) < 4.78 is 0. The molecule has 0 aromatic heterocycles. The third kappa shape index (κ3) is 6.46. The number of hydrogen-bond donors (Lipinski definition) is 1. The van der Waals surface area contributed by atoms with Crippen molar-refractivity contribution in [1.82, 2.24) is 15.1 Å². The lowest BCUT2D eigenvalue weighted by Gasteiger charge is -2.30. The Morgan fingerprint density at radius 2 is 2.12 bits per heavy atom. The van der Waals surface area contributed by atoms with Crippen LogP contribution in [0.1, 0.15) is 26.2 Å². The van der Waals surface area contributed by atoms with Crippen LogP contribution in [0.5, 0.6) is 0 Å². The predicted octanol–water partition coefficient (Wildman–Crippen LogP) is 1.26. The average molecular weight is 227 g/mol. The summed E-state index contributed by atoms with van der Waals surface area (Å²) in [4.78, 5) is 4.85. The van der Waals surface area contributed by atoms with Crippen LogP contribution in [0.25, 0.3) is 0 Å². The zero-order valence-electron chi connectivity index (χ0n) is 11.3. The summed E-state index contributed by atoms with van der Waals surface area (Å²) in [5.74, 6) is 0.905. The van der Waals surface area contributed by atoms with E-state index in [1.165, 1.54) is 45.4 Å².